The number of hydrogen-bond acceptors (Lipinski definition) is 3. The molecule has 0 aliphatic rings. The van der Waals surface area contributed by atoms with E-state index in [0.29, 0.717) is 11.1 Å². The van der Waals surface area contributed by atoms with Gasteiger partial charge in [-0.05, 0) is 32.0 Å². The minimum atomic E-state index is -0.990. The van der Waals surface area contributed by atoms with Gasteiger partial charge in [0.15, 0.2) is 17.4 Å². The highest BCUT2D eigenvalue weighted by Gasteiger charge is 2.09. The Morgan fingerprint density at radius 3 is 2.53 bits per heavy atom. The molecule has 0 saturated carbocycles. The van der Waals surface area contributed by atoms with Gasteiger partial charge in [-0.1, -0.05) is 0 Å². The molecule has 0 saturated heterocycles. The molecule has 0 aliphatic carbocycles. The van der Waals surface area contributed by atoms with Crippen molar-refractivity contribution in [3.63, 3.8) is 0 Å². The van der Waals surface area contributed by atoms with Crippen molar-refractivity contribution in [1.82, 2.24) is 4.98 Å². The van der Waals surface area contributed by atoms with Crippen LogP contribution in [0.2, 0.25) is 0 Å². The largest absolute Gasteiger partial charge is 0.439 e. The van der Waals surface area contributed by atoms with Crippen LogP contribution in [-0.4, -0.2) is 10.8 Å². The molecule has 5 heteroatoms. The number of carbonyl (C=O) groups excluding carboxylic acids is 1. The third kappa shape index (κ3) is 2.93. The van der Waals surface area contributed by atoms with Crippen molar-refractivity contribution in [2.75, 3.05) is 0 Å². The highest BCUT2D eigenvalue weighted by atomic mass is 19.2. The molecular weight excluding hydrogens is 252 g/mol. The summed E-state index contributed by atoms with van der Waals surface area (Å²) in [5.41, 5.74) is 1.10. The zero-order valence-electron chi connectivity index (χ0n) is 10.4. The van der Waals surface area contributed by atoms with E-state index in [1.54, 1.807) is 13.0 Å². The molecule has 0 bridgehead atoms. The van der Waals surface area contributed by atoms with E-state index in [2.05, 4.69) is 4.98 Å². The molecule has 0 unspecified atom stereocenters. The van der Waals surface area contributed by atoms with Crippen LogP contribution in [0.1, 0.15) is 22.8 Å². The molecule has 0 radical (unpaired) electrons. The molecule has 1 heterocycles. The summed E-state index contributed by atoms with van der Waals surface area (Å²) in [6.45, 7) is 3.15. The van der Waals surface area contributed by atoms with E-state index < -0.39 is 11.6 Å². The summed E-state index contributed by atoms with van der Waals surface area (Å²) in [5, 5.41) is 0. The van der Waals surface area contributed by atoms with Gasteiger partial charge < -0.3 is 4.74 Å². The molecule has 0 aliphatic heterocycles. The summed E-state index contributed by atoms with van der Waals surface area (Å²) < 4.78 is 31.2. The highest BCUT2D eigenvalue weighted by molar-refractivity contribution is 5.93. The minimum absolute atomic E-state index is 0.102. The van der Waals surface area contributed by atoms with Gasteiger partial charge in [0.2, 0.25) is 5.88 Å². The molecule has 0 atom stereocenters. The Bertz CT molecular complexity index is 641. The lowest BCUT2D eigenvalue weighted by Crippen LogP contribution is -1.98. The van der Waals surface area contributed by atoms with Crippen molar-refractivity contribution in [2.45, 2.75) is 13.8 Å². The number of aryl methyl sites for hydroxylation is 1. The fourth-order valence-electron chi connectivity index (χ4n) is 1.51. The van der Waals surface area contributed by atoms with Gasteiger partial charge in [0.05, 0.1) is 0 Å². The first-order valence-electron chi connectivity index (χ1n) is 5.58. The monoisotopic (exact) mass is 263 g/mol. The second kappa shape index (κ2) is 5.14. The van der Waals surface area contributed by atoms with E-state index >= 15 is 0 Å². The Morgan fingerprint density at radius 1 is 1.21 bits per heavy atom. The summed E-state index contributed by atoms with van der Waals surface area (Å²) in [7, 11) is 0. The maximum Gasteiger partial charge on any atom is 0.222 e. The Labute approximate surface area is 108 Å². The summed E-state index contributed by atoms with van der Waals surface area (Å²) in [5.74, 6) is -1.64. The van der Waals surface area contributed by atoms with E-state index in [1.807, 2.05) is 0 Å². The zero-order valence-corrected chi connectivity index (χ0v) is 10.4. The molecule has 2 rings (SSSR count). The molecule has 0 amide bonds. The van der Waals surface area contributed by atoms with Crippen molar-refractivity contribution in [1.29, 1.82) is 0 Å². The Hall–Kier alpha value is -2.30. The second-order valence-electron chi connectivity index (χ2n) is 4.08. The minimum Gasteiger partial charge on any atom is -0.439 e. The van der Waals surface area contributed by atoms with Crippen LogP contribution in [0.5, 0.6) is 11.6 Å². The van der Waals surface area contributed by atoms with Crippen LogP contribution < -0.4 is 4.74 Å². The summed E-state index contributed by atoms with van der Waals surface area (Å²) >= 11 is 0. The van der Waals surface area contributed by atoms with Gasteiger partial charge in [-0.15, -0.1) is 0 Å². The van der Waals surface area contributed by atoms with E-state index in [0.717, 1.165) is 12.1 Å². The number of ether oxygens (including phenoxy) is 1. The molecule has 1 aromatic carbocycles. The number of hydrogen-bond donors (Lipinski definition) is 0. The molecule has 0 N–H and O–H groups in total. The van der Waals surface area contributed by atoms with Crippen LogP contribution in [0.3, 0.4) is 0 Å². The number of ketones is 1. The fraction of sp³-hybridized carbons (Fsp3) is 0.143. The maximum absolute atomic E-state index is 13.0. The normalized spacial score (nSPS) is 10.3. The number of benzene rings is 1. The molecule has 0 fully saturated rings. The number of halogens is 2. The van der Waals surface area contributed by atoms with Crippen LogP contribution in [0.25, 0.3) is 0 Å². The van der Waals surface area contributed by atoms with E-state index in [9.17, 15) is 13.6 Å². The van der Waals surface area contributed by atoms with Crippen molar-refractivity contribution in [3.8, 4) is 11.6 Å². The zero-order chi connectivity index (χ0) is 14.0. The van der Waals surface area contributed by atoms with Crippen LogP contribution in [0.4, 0.5) is 8.78 Å². The van der Waals surface area contributed by atoms with E-state index in [1.165, 1.54) is 19.2 Å². The van der Waals surface area contributed by atoms with Gasteiger partial charge in [0.1, 0.15) is 5.75 Å². The van der Waals surface area contributed by atoms with Gasteiger partial charge in [0, 0.05) is 23.4 Å². The van der Waals surface area contributed by atoms with Crippen molar-refractivity contribution < 1.29 is 18.3 Å². The molecule has 2 aromatic rings. The van der Waals surface area contributed by atoms with Gasteiger partial charge in [-0.25, -0.2) is 13.8 Å². The number of pyridine rings is 1. The van der Waals surface area contributed by atoms with Crippen LogP contribution in [0.15, 0.2) is 30.5 Å². The van der Waals surface area contributed by atoms with Crippen LogP contribution >= 0.6 is 0 Å². The van der Waals surface area contributed by atoms with Crippen LogP contribution in [-0.2, 0) is 0 Å². The predicted octanol–water partition coefficient (Wildman–Crippen LogP) is 3.66. The lowest BCUT2D eigenvalue weighted by molar-refractivity contribution is 0.101. The van der Waals surface area contributed by atoms with E-state index in [4.69, 9.17) is 4.74 Å². The second-order valence-corrected chi connectivity index (χ2v) is 4.08. The average Bonchev–Trinajstić information content (AvgIpc) is 2.36. The van der Waals surface area contributed by atoms with Crippen molar-refractivity contribution in [3.05, 3.63) is 53.2 Å². The summed E-state index contributed by atoms with van der Waals surface area (Å²) in [4.78, 5) is 15.2. The number of carbonyl (C=O) groups is 1. The Morgan fingerprint density at radius 2 is 1.95 bits per heavy atom. The number of Topliss-reactive ketones (excluding diaryl/α,β-unsaturated/α-hetero) is 1. The maximum atomic E-state index is 13.0. The van der Waals surface area contributed by atoms with Gasteiger partial charge in [0.25, 0.3) is 0 Å². The van der Waals surface area contributed by atoms with Gasteiger partial charge in [-0.2, -0.15) is 0 Å². The first-order valence-corrected chi connectivity index (χ1v) is 5.58. The van der Waals surface area contributed by atoms with Crippen molar-refractivity contribution in [2.24, 2.45) is 0 Å². The SMILES string of the molecule is CC(=O)c1cnc(Oc2ccc(F)c(F)c2)c(C)c1. The molecule has 1 aromatic heterocycles. The van der Waals surface area contributed by atoms with E-state index in [-0.39, 0.29) is 17.4 Å². The summed E-state index contributed by atoms with van der Waals surface area (Å²) in [6, 6.07) is 4.85. The quantitative estimate of drug-likeness (QED) is 0.793. The highest BCUT2D eigenvalue weighted by Crippen LogP contribution is 2.24. The third-order valence-corrected chi connectivity index (χ3v) is 2.54. The Kier molecular flexibility index (Phi) is 3.55. The molecule has 98 valence electrons. The first-order chi connectivity index (χ1) is 8.97. The lowest BCUT2D eigenvalue weighted by atomic mass is 10.1. The smallest absolute Gasteiger partial charge is 0.222 e. The average molecular weight is 263 g/mol. The topological polar surface area (TPSA) is 39.2 Å². The lowest BCUT2D eigenvalue weighted by Gasteiger charge is -2.08. The third-order valence-electron chi connectivity index (χ3n) is 2.54. The first kappa shape index (κ1) is 13.1. The standard InChI is InChI=1S/C14H11F2NO2/c1-8-5-10(9(2)18)7-17-14(8)19-11-3-4-12(15)13(16)6-11/h3-7H,1-2H3. The Balaban J connectivity index is 2.28. The molecule has 0 spiro atoms. The van der Waals surface area contributed by atoms with Crippen molar-refractivity contribution >= 4 is 5.78 Å². The summed E-state index contributed by atoms with van der Waals surface area (Å²) in [6.07, 6.45) is 1.38. The molecular formula is C14H11F2NO2. The molecule has 19 heavy (non-hydrogen) atoms. The van der Waals surface area contributed by atoms with Gasteiger partial charge >= 0.3 is 0 Å². The molecule has 3 nitrogen and oxygen atoms in total. The van der Waals surface area contributed by atoms with Gasteiger partial charge in [-0.3, -0.25) is 4.79 Å². The van der Waals surface area contributed by atoms with Crippen LogP contribution in [0, 0.1) is 18.6 Å². The predicted molar refractivity (Wildman–Crippen MR) is 65.4 cm³/mol. The fourth-order valence-corrected chi connectivity index (χ4v) is 1.51. The number of nitrogens with zero attached hydrogens (tertiary/aromatic N) is 1. The number of aromatic nitrogens is 1. The number of rotatable bonds is 3.